The van der Waals surface area contributed by atoms with Gasteiger partial charge in [-0.2, -0.15) is 0 Å². The topological polar surface area (TPSA) is 139 Å². The summed E-state index contributed by atoms with van der Waals surface area (Å²) >= 11 is 0. The molecule has 0 aromatic heterocycles. The molecule has 2 amide bonds. The van der Waals surface area contributed by atoms with Gasteiger partial charge >= 0.3 is 5.97 Å². The molecule has 2 N–H and O–H groups in total. The van der Waals surface area contributed by atoms with Crippen molar-refractivity contribution in [2.45, 2.75) is 51.7 Å². The Morgan fingerprint density at radius 2 is 1.87 bits per heavy atom. The molecule has 10 heteroatoms. The predicted molar refractivity (Wildman–Crippen MR) is 103 cm³/mol. The summed E-state index contributed by atoms with van der Waals surface area (Å²) in [6.45, 7) is 0.796. The fourth-order valence-electron chi connectivity index (χ4n) is 3.87. The lowest BCUT2D eigenvalue weighted by atomic mass is 9.82. The van der Waals surface area contributed by atoms with Crippen molar-refractivity contribution in [2.75, 3.05) is 6.54 Å². The first-order chi connectivity index (χ1) is 14.4. The zero-order chi connectivity index (χ0) is 21.7. The zero-order valence-corrected chi connectivity index (χ0v) is 16.5. The number of rotatable bonds is 8. The quantitative estimate of drug-likeness (QED) is 0.368. The molecule has 1 aliphatic heterocycles. The van der Waals surface area contributed by atoms with Gasteiger partial charge in [-0.05, 0) is 49.8 Å². The lowest BCUT2D eigenvalue weighted by molar-refractivity contribution is -0.385. The second-order valence-electron chi connectivity index (χ2n) is 7.72. The highest BCUT2D eigenvalue weighted by atomic mass is 16.7. The summed E-state index contributed by atoms with van der Waals surface area (Å²) in [5, 5.41) is 24.1. The van der Waals surface area contributed by atoms with E-state index in [1.165, 1.54) is 6.07 Å². The molecule has 30 heavy (non-hydrogen) atoms. The minimum Gasteiger partial charge on any atom is -0.391 e. The molecule has 2 fully saturated rings. The van der Waals surface area contributed by atoms with E-state index in [0.29, 0.717) is 36.9 Å². The Morgan fingerprint density at radius 1 is 1.20 bits per heavy atom. The number of benzene rings is 1. The van der Waals surface area contributed by atoms with E-state index >= 15 is 0 Å². The molecule has 0 atom stereocenters. The van der Waals surface area contributed by atoms with Gasteiger partial charge in [0.25, 0.3) is 17.5 Å². The normalized spacial score (nSPS) is 21.7. The van der Waals surface area contributed by atoms with Crippen LogP contribution < -0.4 is 5.32 Å². The van der Waals surface area contributed by atoms with Crippen molar-refractivity contribution >= 4 is 23.5 Å². The van der Waals surface area contributed by atoms with Crippen molar-refractivity contribution in [1.82, 2.24) is 10.4 Å². The number of carbonyl (C=O) groups is 3. The van der Waals surface area contributed by atoms with Crippen LogP contribution in [0.15, 0.2) is 18.2 Å². The lowest BCUT2D eigenvalue weighted by Crippen LogP contribution is -2.36. The monoisotopic (exact) mass is 419 g/mol. The summed E-state index contributed by atoms with van der Waals surface area (Å²) in [5.74, 6) is -1.44. The summed E-state index contributed by atoms with van der Waals surface area (Å²) < 4.78 is 0. The van der Waals surface area contributed by atoms with E-state index in [9.17, 15) is 29.6 Å². The van der Waals surface area contributed by atoms with Gasteiger partial charge < -0.3 is 15.3 Å². The zero-order valence-electron chi connectivity index (χ0n) is 16.5. The molecule has 0 spiro atoms. The molecule has 0 radical (unpaired) electrons. The molecular weight excluding hydrogens is 394 g/mol. The Bertz CT molecular complexity index is 818. The van der Waals surface area contributed by atoms with Gasteiger partial charge in [0.2, 0.25) is 0 Å². The number of imide groups is 1. The number of amides is 2. The highest BCUT2D eigenvalue weighted by molar-refractivity contribution is 6.01. The lowest BCUT2D eigenvalue weighted by Gasteiger charge is -2.28. The highest BCUT2D eigenvalue weighted by Gasteiger charge is 2.36. The SMILES string of the molecule is O=C(ON1C(=O)CCC1=O)C1CCC(CNCc2ccc(CO)c([N+](=O)[O-])c2)CC1. The van der Waals surface area contributed by atoms with E-state index in [-0.39, 0.29) is 36.6 Å². The van der Waals surface area contributed by atoms with Crippen LogP contribution in [0.4, 0.5) is 5.69 Å². The van der Waals surface area contributed by atoms with Crippen LogP contribution in [0.5, 0.6) is 0 Å². The third-order valence-corrected chi connectivity index (χ3v) is 5.65. The van der Waals surface area contributed by atoms with Crippen LogP contribution in [0.3, 0.4) is 0 Å². The van der Waals surface area contributed by atoms with Crippen molar-refractivity contribution < 1.29 is 29.3 Å². The van der Waals surface area contributed by atoms with Crippen LogP contribution in [-0.4, -0.2) is 39.4 Å². The molecule has 1 aromatic rings. The molecule has 1 saturated heterocycles. The molecule has 3 rings (SSSR count). The smallest absolute Gasteiger partial charge is 0.336 e. The largest absolute Gasteiger partial charge is 0.391 e. The molecule has 1 saturated carbocycles. The summed E-state index contributed by atoms with van der Waals surface area (Å²) in [6, 6.07) is 4.77. The number of nitrogens with zero attached hydrogens (tertiary/aromatic N) is 2. The number of hydroxylamine groups is 2. The van der Waals surface area contributed by atoms with Crippen LogP contribution in [-0.2, 0) is 32.4 Å². The Morgan fingerprint density at radius 3 is 2.47 bits per heavy atom. The summed E-state index contributed by atoms with van der Waals surface area (Å²) in [5.41, 5.74) is 0.952. The number of carbonyl (C=O) groups excluding carboxylic acids is 3. The molecule has 1 aliphatic carbocycles. The number of nitro groups is 1. The average Bonchev–Trinajstić information content (AvgIpc) is 3.06. The van der Waals surface area contributed by atoms with Crippen LogP contribution in [0, 0.1) is 22.0 Å². The number of hydrogen-bond donors (Lipinski definition) is 2. The fourth-order valence-corrected chi connectivity index (χ4v) is 3.87. The fraction of sp³-hybridized carbons (Fsp3) is 0.550. The van der Waals surface area contributed by atoms with E-state index in [1.54, 1.807) is 12.1 Å². The van der Waals surface area contributed by atoms with E-state index in [0.717, 1.165) is 18.4 Å². The van der Waals surface area contributed by atoms with Crippen molar-refractivity contribution in [3.05, 3.63) is 39.4 Å². The standard InChI is InChI=1S/C20H25N3O7/c24-12-16-6-3-14(9-17(16)23(28)29)11-21-10-13-1-4-15(5-2-13)20(27)30-22-18(25)7-8-19(22)26/h3,6,9,13,15,21,24H,1-2,4-5,7-8,10-12H2. The molecule has 0 unspecified atom stereocenters. The number of hydrogen-bond acceptors (Lipinski definition) is 8. The minimum atomic E-state index is -0.527. The van der Waals surface area contributed by atoms with Gasteiger partial charge in [-0.25, -0.2) is 4.79 Å². The Labute approximate surface area is 173 Å². The first-order valence-electron chi connectivity index (χ1n) is 10.0. The van der Waals surface area contributed by atoms with Crippen LogP contribution in [0.2, 0.25) is 0 Å². The highest BCUT2D eigenvalue weighted by Crippen LogP contribution is 2.30. The predicted octanol–water partition coefficient (Wildman–Crippen LogP) is 1.59. The second-order valence-corrected chi connectivity index (χ2v) is 7.72. The van der Waals surface area contributed by atoms with E-state index in [2.05, 4.69) is 5.32 Å². The maximum absolute atomic E-state index is 12.2. The van der Waals surface area contributed by atoms with Gasteiger partial charge in [0, 0.05) is 25.5 Å². The number of nitro benzene ring substituents is 1. The van der Waals surface area contributed by atoms with Gasteiger partial charge in [-0.3, -0.25) is 19.7 Å². The van der Waals surface area contributed by atoms with Crippen LogP contribution >= 0.6 is 0 Å². The minimum absolute atomic E-state index is 0.0798. The average molecular weight is 419 g/mol. The Hall–Kier alpha value is -2.85. The van der Waals surface area contributed by atoms with Crippen molar-refractivity contribution in [3.8, 4) is 0 Å². The van der Waals surface area contributed by atoms with Gasteiger partial charge in [0.1, 0.15) is 0 Å². The number of aliphatic hydroxyl groups is 1. The number of nitrogens with one attached hydrogen (secondary N) is 1. The van der Waals surface area contributed by atoms with Gasteiger partial charge in [-0.15, -0.1) is 5.06 Å². The van der Waals surface area contributed by atoms with Gasteiger partial charge in [0.15, 0.2) is 0 Å². The van der Waals surface area contributed by atoms with Crippen molar-refractivity contribution in [2.24, 2.45) is 11.8 Å². The van der Waals surface area contributed by atoms with Gasteiger partial charge in [0.05, 0.1) is 23.0 Å². The van der Waals surface area contributed by atoms with E-state index < -0.39 is 22.7 Å². The molecule has 10 nitrogen and oxygen atoms in total. The molecule has 1 aromatic carbocycles. The molecule has 0 bridgehead atoms. The summed E-state index contributed by atoms with van der Waals surface area (Å²) in [4.78, 5) is 50.9. The van der Waals surface area contributed by atoms with Crippen LogP contribution in [0.1, 0.15) is 49.7 Å². The van der Waals surface area contributed by atoms with E-state index in [4.69, 9.17) is 4.84 Å². The third-order valence-electron chi connectivity index (χ3n) is 5.65. The Balaban J connectivity index is 1.41. The Kier molecular flexibility index (Phi) is 7.11. The molecular formula is C20H25N3O7. The molecule has 2 aliphatic rings. The van der Waals surface area contributed by atoms with Gasteiger partial charge in [-0.1, -0.05) is 6.07 Å². The van der Waals surface area contributed by atoms with E-state index in [1.807, 2.05) is 0 Å². The summed E-state index contributed by atoms with van der Waals surface area (Å²) in [7, 11) is 0. The first-order valence-corrected chi connectivity index (χ1v) is 10.0. The third kappa shape index (κ3) is 5.19. The number of aliphatic hydroxyl groups excluding tert-OH is 1. The molecule has 1 heterocycles. The van der Waals surface area contributed by atoms with Crippen molar-refractivity contribution in [3.63, 3.8) is 0 Å². The first kappa shape index (κ1) is 21.8. The summed E-state index contributed by atoms with van der Waals surface area (Å²) in [6.07, 6.45) is 3.01. The van der Waals surface area contributed by atoms with Crippen LogP contribution in [0.25, 0.3) is 0 Å². The second kappa shape index (κ2) is 9.77. The molecule has 162 valence electrons. The van der Waals surface area contributed by atoms with Crippen molar-refractivity contribution in [1.29, 1.82) is 0 Å². The maximum Gasteiger partial charge on any atom is 0.336 e. The maximum atomic E-state index is 12.2.